The quantitative estimate of drug-likeness (QED) is 0.310. The first kappa shape index (κ1) is 16.4. The number of rotatable bonds is 0. The van der Waals surface area contributed by atoms with Crippen LogP contribution < -0.4 is 0 Å². The predicted octanol–water partition coefficient (Wildman–Crippen LogP) is 0.192. The molecule has 0 unspecified atom stereocenters. The summed E-state index contributed by atoms with van der Waals surface area (Å²) in [5, 5.41) is 0. The van der Waals surface area contributed by atoms with Crippen molar-refractivity contribution in [1.29, 1.82) is 0 Å². The molecule has 3 N–H and O–H groups in total. The van der Waals surface area contributed by atoms with Gasteiger partial charge in [0.2, 0.25) is 0 Å². The van der Waals surface area contributed by atoms with E-state index in [1.54, 1.807) is 0 Å². The van der Waals surface area contributed by atoms with E-state index in [1.165, 1.54) is 6.08 Å². The molecule has 0 aromatic carbocycles. The Kier molecular flexibility index (Phi) is 16.0. The summed E-state index contributed by atoms with van der Waals surface area (Å²) in [6.07, 6.45) is 1.50. The zero-order chi connectivity index (χ0) is 7.21. The van der Waals surface area contributed by atoms with Gasteiger partial charge in [0.15, 0.2) is 0 Å². The van der Waals surface area contributed by atoms with E-state index in [9.17, 15) is 0 Å². The van der Waals surface area contributed by atoms with Crippen molar-refractivity contribution < 1.29 is 34.2 Å². The van der Waals surface area contributed by atoms with E-state index in [1.807, 2.05) is 0 Å². The van der Waals surface area contributed by atoms with Gasteiger partial charge in [0.1, 0.15) is 0 Å². The summed E-state index contributed by atoms with van der Waals surface area (Å²) < 4.78 is 0. The summed E-state index contributed by atoms with van der Waals surface area (Å²) in [5.74, 6) is 0. The first-order chi connectivity index (χ1) is 3.41. The Morgan fingerprint density at radius 1 is 1.44 bits per heavy atom. The van der Waals surface area contributed by atoms with E-state index in [4.69, 9.17) is 14.7 Å². The molecule has 0 saturated heterocycles. The van der Waals surface area contributed by atoms with Gasteiger partial charge in [0.05, 0.1) is 0 Å². The Hall–Kier alpha value is 0.763. The maximum atomic E-state index is 7.56. The predicted molar refractivity (Wildman–Crippen MR) is 36.5 cm³/mol. The van der Waals surface area contributed by atoms with Crippen LogP contribution in [0.25, 0.3) is 0 Å². The number of hydrogen-bond acceptors (Lipinski definition) is 1. The van der Waals surface area contributed by atoms with Gasteiger partial charge in [-0.1, -0.05) is 0 Å². The molecule has 0 aromatic rings. The Labute approximate surface area is 72.4 Å². The van der Waals surface area contributed by atoms with Crippen molar-refractivity contribution in [2.75, 3.05) is 0 Å². The third-order valence-electron chi connectivity index (χ3n) is 0. The molecule has 9 heavy (non-hydrogen) atoms. The Morgan fingerprint density at radius 3 is 1.44 bits per heavy atom. The molecule has 0 aromatic heterocycles. The van der Waals surface area contributed by atoms with Gasteiger partial charge in [-0.05, 0) is 11.8 Å². The van der Waals surface area contributed by atoms with Crippen molar-refractivity contribution in [3.05, 3.63) is 19.6 Å². The van der Waals surface area contributed by atoms with Crippen LogP contribution in [0.5, 0.6) is 0 Å². The molecule has 0 heterocycles. The molecule has 0 bridgehead atoms. The molecule has 0 aliphatic heterocycles. The Morgan fingerprint density at radius 2 is 1.44 bits per heavy atom. The molecule has 0 aliphatic rings. The molecule has 3 nitrogen and oxygen atoms in total. The molecule has 0 saturated carbocycles. The third-order valence-corrected chi connectivity index (χ3v) is 0. The van der Waals surface area contributed by atoms with E-state index < -0.39 is 6.72 Å². The Balaban J connectivity index is -0.0000000800. The minimum absolute atomic E-state index is 0. The van der Waals surface area contributed by atoms with Crippen molar-refractivity contribution >= 4 is 18.5 Å². The SMILES string of the molecule is C=C[CH2-].OP(O)(O)=S.[Zn]. The van der Waals surface area contributed by atoms with Crippen molar-refractivity contribution in [3.63, 3.8) is 0 Å². The normalized spacial score (nSPS) is 7.89. The van der Waals surface area contributed by atoms with Crippen molar-refractivity contribution in [2.24, 2.45) is 0 Å². The van der Waals surface area contributed by atoms with Gasteiger partial charge in [0.25, 0.3) is 0 Å². The van der Waals surface area contributed by atoms with Gasteiger partial charge in [-0.2, -0.15) is 0 Å². The molecule has 0 aliphatic carbocycles. The van der Waals surface area contributed by atoms with E-state index in [0.29, 0.717) is 0 Å². The van der Waals surface area contributed by atoms with Crippen LogP contribution in [-0.4, -0.2) is 14.7 Å². The van der Waals surface area contributed by atoms with E-state index >= 15 is 0 Å². The van der Waals surface area contributed by atoms with E-state index in [2.05, 4.69) is 25.3 Å². The van der Waals surface area contributed by atoms with E-state index in [-0.39, 0.29) is 19.5 Å². The molecular weight excluding hydrogens is 212 g/mol. The van der Waals surface area contributed by atoms with Crippen LogP contribution in [-0.2, 0) is 31.3 Å². The molecule has 0 fully saturated rings. The molecule has 0 atom stereocenters. The van der Waals surface area contributed by atoms with Crippen LogP contribution in [0, 0.1) is 6.92 Å². The maximum absolute atomic E-state index is 7.56. The van der Waals surface area contributed by atoms with Crippen molar-refractivity contribution in [1.82, 2.24) is 0 Å². The standard InChI is InChI=1S/C3H5.H3O3PS.Zn/c1-3-2;1-4(2,3)5;/h3H,1-2H2;(H3,1,2,3,5);/q-1;;. The van der Waals surface area contributed by atoms with Crippen LogP contribution >= 0.6 is 6.72 Å². The molecule has 0 radical (unpaired) electrons. The third kappa shape index (κ3) is 688. The van der Waals surface area contributed by atoms with Crippen molar-refractivity contribution in [2.45, 2.75) is 0 Å². The van der Waals surface area contributed by atoms with Gasteiger partial charge in [0, 0.05) is 19.5 Å². The molecule has 0 amide bonds. The fourth-order valence-electron chi connectivity index (χ4n) is 0. The fraction of sp³-hybridized carbons (Fsp3) is 0. The van der Waals surface area contributed by atoms with Crippen LogP contribution in [0.3, 0.4) is 0 Å². The number of hydrogen-bond donors (Lipinski definition) is 3. The van der Waals surface area contributed by atoms with Crippen LogP contribution in [0.2, 0.25) is 0 Å². The van der Waals surface area contributed by atoms with Crippen LogP contribution in [0.4, 0.5) is 0 Å². The summed E-state index contributed by atoms with van der Waals surface area (Å²) in [4.78, 5) is 22.7. The molecule has 0 spiro atoms. The second-order valence-corrected chi connectivity index (χ2v) is 3.30. The summed E-state index contributed by atoms with van der Waals surface area (Å²) in [6, 6.07) is 0. The molecule has 6 heteroatoms. The Bertz CT molecular complexity index is 93.0. The first-order valence-electron chi connectivity index (χ1n) is 1.60. The fourth-order valence-corrected chi connectivity index (χ4v) is 0. The second-order valence-electron chi connectivity index (χ2n) is 0.802. The zero-order valence-corrected chi connectivity index (χ0v) is 9.57. The van der Waals surface area contributed by atoms with Crippen LogP contribution in [0.1, 0.15) is 0 Å². The summed E-state index contributed by atoms with van der Waals surface area (Å²) in [6.45, 7) is 2.69. The van der Waals surface area contributed by atoms with Crippen LogP contribution in [0.15, 0.2) is 12.7 Å². The minimum atomic E-state index is -3.81. The topological polar surface area (TPSA) is 60.7 Å². The molecule has 52 valence electrons. The van der Waals surface area contributed by atoms with E-state index in [0.717, 1.165) is 0 Å². The van der Waals surface area contributed by atoms with Gasteiger partial charge >= 0.3 is 6.72 Å². The number of allylic oxidation sites excluding steroid dienone is 1. The summed E-state index contributed by atoms with van der Waals surface area (Å²) >= 11 is 3.60. The minimum Gasteiger partial charge on any atom is -0.325 e. The molecular formula is C3H8O3PSZn-. The maximum Gasteiger partial charge on any atom is 0.319 e. The zero-order valence-electron chi connectivity index (χ0n) is 4.90. The monoisotopic (exact) mass is 219 g/mol. The van der Waals surface area contributed by atoms with Crippen molar-refractivity contribution in [3.8, 4) is 0 Å². The summed E-state index contributed by atoms with van der Waals surface area (Å²) in [5.41, 5.74) is 0. The summed E-state index contributed by atoms with van der Waals surface area (Å²) in [7, 11) is 0. The average molecular weight is 221 g/mol. The second kappa shape index (κ2) is 8.76. The van der Waals surface area contributed by atoms with Gasteiger partial charge in [-0.25, -0.2) is 19.6 Å². The smallest absolute Gasteiger partial charge is 0.319 e. The molecule has 0 rings (SSSR count). The largest absolute Gasteiger partial charge is 0.325 e. The van der Waals surface area contributed by atoms with Gasteiger partial charge in [-0.15, -0.1) is 0 Å². The van der Waals surface area contributed by atoms with Gasteiger partial charge in [-0.3, -0.25) is 0 Å². The first-order valence-corrected chi connectivity index (χ1v) is 4.26. The average Bonchev–Trinajstić information content (AvgIpc) is 1.27. The van der Waals surface area contributed by atoms with Gasteiger partial charge < -0.3 is 14.7 Å².